The van der Waals surface area contributed by atoms with Crippen LogP contribution in [0.15, 0.2) is 23.1 Å². The fourth-order valence-electron chi connectivity index (χ4n) is 1.67. The standard InChI is InChI=1S/C12H18ClFN2O2S/c1-8(2)6-9(15)7-16-19(17,18)11-5-3-4-10(13)12(11)14/h3-5,8-9,16H,6-7,15H2,1-2H3. The molecule has 1 unspecified atom stereocenters. The molecular weight excluding hydrogens is 291 g/mol. The molecule has 0 fully saturated rings. The van der Waals surface area contributed by atoms with Crippen LogP contribution in [-0.4, -0.2) is 21.0 Å². The Kier molecular flexibility index (Phi) is 5.73. The van der Waals surface area contributed by atoms with Crippen molar-refractivity contribution in [2.24, 2.45) is 11.7 Å². The molecule has 0 heterocycles. The van der Waals surface area contributed by atoms with E-state index in [-0.39, 0.29) is 17.6 Å². The van der Waals surface area contributed by atoms with Gasteiger partial charge in [0.2, 0.25) is 10.0 Å². The van der Waals surface area contributed by atoms with E-state index in [1.54, 1.807) is 0 Å². The van der Waals surface area contributed by atoms with Crippen molar-refractivity contribution in [3.63, 3.8) is 0 Å². The summed E-state index contributed by atoms with van der Waals surface area (Å²) in [6.07, 6.45) is 0.681. The highest BCUT2D eigenvalue weighted by Gasteiger charge is 2.21. The lowest BCUT2D eigenvalue weighted by Crippen LogP contribution is -2.38. The molecule has 7 heteroatoms. The number of benzene rings is 1. The molecule has 0 aliphatic carbocycles. The Morgan fingerprint density at radius 2 is 2.05 bits per heavy atom. The van der Waals surface area contributed by atoms with Crippen LogP contribution in [0.25, 0.3) is 0 Å². The maximum absolute atomic E-state index is 13.6. The van der Waals surface area contributed by atoms with Crippen LogP contribution in [0, 0.1) is 11.7 Å². The molecule has 0 spiro atoms. The second-order valence-corrected chi connectivity index (χ2v) is 6.94. The van der Waals surface area contributed by atoms with Gasteiger partial charge >= 0.3 is 0 Å². The van der Waals surface area contributed by atoms with E-state index < -0.39 is 20.7 Å². The van der Waals surface area contributed by atoms with E-state index in [4.69, 9.17) is 17.3 Å². The summed E-state index contributed by atoms with van der Waals surface area (Å²) in [4.78, 5) is -0.461. The summed E-state index contributed by atoms with van der Waals surface area (Å²) in [6.45, 7) is 4.04. The molecule has 0 aromatic heterocycles. The van der Waals surface area contributed by atoms with Crippen LogP contribution >= 0.6 is 11.6 Å². The van der Waals surface area contributed by atoms with Gasteiger partial charge in [0.05, 0.1) is 5.02 Å². The molecule has 19 heavy (non-hydrogen) atoms. The molecule has 0 saturated heterocycles. The fraction of sp³-hybridized carbons (Fsp3) is 0.500. The first kappa shape index (κ1) is 16.4. The first-order chi connectivity index (χ1) is 8.74. The van der Waals surface area contributed by atoms with E-state index in [1.807, 2.05) is 13.8 Å². The third-order valence-electron chi connectivity index (χ3n) is 2.52. The highest BCUT2D eigenvalue weighted by atomic mass is 35.5. The summed E-state index contributed by atoms with van der Waals surface area (Å²) in [5, 5.41) is -0.227. The summed E-state index contributed by atoms with van der Waals surface area (Å²) in [5.41, 5.74) is 5.78. The molecule has 1 aromatic carbocycles. The molecule has 0 bridgehead atoms. The van der Waals surface area contributed by atoms with Gasteiger partial charge < -0.3 is 5.73 Å². The van der Waals surface area contributed by atoms with Crippen molar-refractivity contribution in [2.45, 2.75) is 31.2 Å². The summed E-state index contributed by atoms with van der Waals surface area (Å²) < 4.78 is 39.8. The minimum absolute atomic E-state index is 0.0620. The lowest BCUT2D eigenvalue weighted by Gasteiger charge is -2.15. The largest absolute Gasteiger partial charge is 0.327 e. The highest BCUT2D eigenvalue weighted by Crippen LogP contribution is 2.21. The topological polar surface area (TPSA) is 72.2 Å². The molecule has 1 atom stereocenters. The van der Waals surface area contributed by atoms with Crippen LogP contribution < -0.4 is 10.5 Å². The van der Waals surface area contributed by atoms with E-state index in [0.717, 1.165) is 6.07 Å². The Morgan fingerprint density at radius 3 is 2.63 bits per heavy atom. The number of nitrogens with one attached hydrogen (secondary N) is 1. The monoisotopic (exact) mass is 308 g/mol. The third-order valence-corrected chi connectivity index (χ3v) is 4.25. The van der Waals surface area contributed by atoms with Gasteiger partial charge in [0.15, 0.2) is 5.82 Å². The van der Waals surface area contributed by atoms with Crippen LogP contribution in [0.3, 0.4) is 0 Å². The summed E-state index contributed by atoms with van der Waals surface area (Å²) in [6, 6.07) is 3.53. The van der Waals surface area contributed by atoms with Crippen LogP contribution in [0.2, 0.25) is 5.02 Å². The van der Waals surface area contributed by atoms with Crippen molar-refractivity contribution in [1.29, 1.82) is 0 Å². The fourth-order valence-corrected chi connectivity index (χ4v) is 3.10. The van der Waals surface area contributed by atoms with Gasteiger partial charge in [0, 0.05) is 12.6 Å². The number of halogens is 2. The van der Waals surface area contributed by atoms with Gasteiger partial charge in [-0.25, -0.2) is 17.5 Å². The summed E-state index contributed by atoms with van der Waals surface area (Å²) in [5.74, 6) is -0.587. The van der Waals surface area contributed by atoms with Crippen molar-refractivity contribution in [3.05, 3.63) is 29.0 Å². The lowest BCUT2D eigenvalue weighted by molar-refractivity contribution is 0.484. The number of sulfonamides is 1. The Hall–Kier alpha value is -0.690. The quantitative estimate of drug-likeness (QED) is 0.845. The van der Waals surface area contributed by atoms with Gasteiger partial charge in [0.25, 0.3) is 0 Å². The zero-order valence-corrected chi connectivity index (χ0v) is 12.4. The average molecular weight is 309 g/mol. The maximum Gasteiger partial charge on any atom is 0.243 e. The molecule has 0 saturated carbocycles. The number of hydrogen-bond acceptors (Lipinski definition) is 3. The van der Waals surface area contributed by atoms with E-state index in [9.17, 15) is 12.8 Å². The zero-order chi connectivity index (χ0) is 14.6. The SMILES string of the molecule is CC(C)CC(N)CNS(=O)(=O)c1cccc(Cl)c1F. The Bertz CT molecular complexity index is 535. The lowest BCUT2D eigenvalue weighted by atomic mass is 10.1. The van der Waals surface area contributed by atoms with Gasteiger partial charge in [-0.05, 0) is 24.5 Å². The van der Waals surface area contributed by atoms with Crippen LogP contribution in [-0.2, 0) is 10.0 Å². The molecule has 0 aliphatic heterocycles. The van der Waals surface area contributed by atoms with Crippen LogP contribution in [0.4, 0.5) is 4.39 Å². The molecule has 108 valence electrons. The summed E-state index contributed by atoms with van der Waals surface area (Å²) >= 11 is 5.56. The van der Waals surface area contributed by atoms with Gasteiger partial charge in [-0.2, -0.15) is 0 Å². The van der Waals surface area contributed by atoms with E-state index in [2.05, 4.69) is 4.72 Å². The Morgan fingerprint density at radius 1 is 1.42 bits per heavy atom. The van der Waals surface area contributed by atoms with Gasteiger partial charge in [-0.3, -0.25) is 0 Å². The summed E-state index contributed by atoms with van der Waals surface area (Å²) in [7, 11) is -3.93. The number of nitrogens with two attached hydrogens (primary N) is 1. The molecule has 1 aromatic rings. The molecule has 0 amide bonds. The third kappa shape index (κ3) is 4.72. The highest BCUT2D eigenvalue weighted by molar-refractivity contribution is 7.89. The van der Waals surface area contributed by atoms with E-state index in [0.29, 0.717) is 12.3 Å². The Balaban J connectivity index is 2.79. The molecule has 0 radical (unpaired) electrons. The maximum atomic E-state index is 13.6. The number of hydrogen-bond donors (Lipinski definition) is 2. The normalized spacial score (nSPS) is 13.8. The minimum atomic E-state index is -3.93. The van der Waals surface area contributed by atoms with Crippen molar-refractivity contribution in [2.75, 3.05) is 6.54 Å². The van der Waals surface area contributed by atoms with Crippen molar-refractivity contribution >= 4 is 21.6 Å². The predicted octanol–water partition coefficient (Wildman–Crippen LogP) is 2.13. The van der Waals surface area contributed by atoms with E-state index >= 15 is 0 Å². The van der Waals surface area contributed by atoms with Gasteiger partial charge in [-0.15, -0.1) is 0 Å². The average Bonchev–Trinajstić information content (AvgIpc) is 2.29. The Labute approximate surface area is 118 Å². The second kappa shape index (κ2) is 6.65. The molecule has 4 nitrogen and oxygen atoms in total. The second-order valence-electron chi connectivity index (χ2n) is 4.79. The first-order valence-electron chi connectivity index (χ1n) is 5.93. The van der Waals surface area contributed by atoms with Gasteiger partial charge in [0.1, 0.15) is 4.90 Å². The molecule has 0 aliphatic rings. The smallest absolute Gasteiger partial charge is 0.243 e. The van der Waals surface area contributed by atoms with Crippen molar-refractivity contribution in [1.82, 2.24) is 4.72 Å². The van der Waals surface area contributed by atoms with Gasteiger partial charge in [-0.1, -0.05) is 31.5 Å². The molecule has 1 rings (SSSR count). The van der Waals surface area contributed by atoms with Crippen molar-refractivity contribution < 1.29 is 12.8 Å². The number of rotatable bonds is 6. The zero-order valence-electron chi connectivity index (χ0n) is 10.9. The minimum Gasteiger partial charge on any atom is -0.327 e. The molecule has 3 N–H and O–H groups in total. The molecular formula is C12H18ClFN2O2S. The first-order valence-corrected chi connectivity index (χ1v) is 7.79. The van der Waals surface area contributed by atoms with Crippen molar-refractivity contribution in [3.8, 4) is 0 Å². The van der Waals surface area contributed by atoms with Crippen LogP contribution in [0.5, 0.6) is 0 Å². The van der Waals surface area contributed by atoms with Crippen LogP contribution in [0.1, 0.15) is 20.3 Å². The predicted molar refractivity (Wildman–Crippen MR) is 74.0 cm³/mol. The van der Waals surface area contributed by atoms with E-state index in [1.165, 1.54) is 12.1 Å².